The standard InChI is InChI=1S/C44H56N10O7/c1-26-31(10-9-30(50-26)13-15-44(3,4)5)40(56)52-34(14-16-45)43(59)54(6)38-29-8-12-37(61-22-19-48)33(25-29)32-23-28(7-11-36(32)60-21-18-47)24-35(41(57)49-20-17-46)53-39(55)27(2)51-42(38)58/h7-12,23,25,27,34-35,38H,14,16,18-22,24,45,47-48H2,1-6H3,(H,49,57)(H,51,58)(H,52,56)(H,53,55)/t27-,34-,35-,38-/m0/s1. The first-order valence-corrected chi connectivity index (χ1v) is 20.0. The van der Waals surface area contributed by atoms with Crippen LogP contribution >= 0.6 is 0 Å². The molecule has 0 radical (unpaired) electrons. The van der Waals surface area contributed by atoms with Crippen molar-refractivity contribution >= 4 is 29.5 Å². The maximum atomic E-state index is 14.5. The van der Waals surface area contributed by atoms with Crippen molar-refractivity contribution < 1.29 is 33.4 Å². The van der Waals surface area contributed by atoms with Gasteiger partial charge < -0.3 is 52.8 Å². The minimum atomic E-state index is -1.39. The summed E-state index contributed by atoms with van der Waals surface area (Å²) in [6.45, 7) is 9.43. The molecular formula is C44H56N10O7. The third-order valence-electron chi connectivity index (χ3n) is 9.51. The monoisotopic (exact) mass is 836 g/mol. The van der Waals surface area contributed by atoms with Crippen molar-refractivity contribution in [2.24, 2.45) is 22.6 Å². The van der Waals surface area contributed by atoms with E-state index in [9.17, 15) is 24.0 Å². The molecule has 2 heterocycles. The summed E-state index contributed by atoms with van der Waals surface area (Å²) in [6.07, 6.45) is 0.0242. The summed E-state index contributed by atoms with van der Waals surface area (Å²) < 4.78 is 12.1. The Morgan fingerprint density at radius 3 is 2.21 bits per heavy atom. The number of fused-ring (bicyclic) bond motifs is 5. The fourth-order valence-corrected chi connectivity index (χ4v) is 6.49. The van der Waals surface area contributed by atoms with Crippen molar-refractivity contribution in [1.82, 2.24) is 31.2 Å². The third-order valence-corrected chi connectivity index (χ3v) is 9.51. The number of aryl methyl sites for hydroxylation is 1. The molecule has 4 rings (SSSR count). The van der Waals surface area contributed by atoms with Crippen molar-refractivity contribution in [3.8, 4) is 40.5 Å². The molecule has 0 spiro atoms. The molecule has 1 aromatic heterocycles. The van der Waals surface area contributed by atoms with E-state index >= 15 is 0 Å². The quantitative estimate of drug-likeness (QED) is 0.0885. The molecule has 0 saturated heterocycles. The zero-order valence-corrected chi connectivity index (χ0v) is 35.5. The van der Waals surface area contributed by atoms with Crippen LogP contribution in [-0.2, 0) is 25.6 Å². The van der Waals surface area contributed by atoms with E-state index in [4.69, 9.17) is 31.9 Å². The van der Waals surface area contributed by atoms with Crippen LogP contribution in [-0.4, -0.2) is 104 Å². The van der Waals surface area contributed by atoms with E-state index in [-0.39, 0.29) is 63.2 Å². The summed E-state index contributed by atoms with van der Waals surface area (Å²) in [5.74, 6) is 3.62. The number of benzene rings is 2. The van der Waals surface area contributed by atoms with Gasteiger partial charge in [0, 0.05) is 43.1 Å². The van der Waals surface area contributed by atoms with Gasteiger partial charge in [0.2, 0.25) is 23.6 Å². The van der Waals surface area contributed by atoms with Gasteiger partial charge in [0.15, 0.2) is 0 Å². The van der Waals surface area contributed by atoms with Gasteiger partial charge in [-0.1, -0.05) is 18.1 Å². The summed E-state index contributed by atoms with van der Waals surface area (Å²) >= 11 is 0. The van der Waals surface area contributed by atoms with Gasteiger partial charge in [0.25, 0.3) is 5.91 Å². The van der Waals surface area contributed by atoms with Crippen LogP contribution in [0.4, 0.5) is 0 Å². The van der Waals surface area contributed by atoms with E-state index in [1.165, 1.54) is 18.9 Å². The number of aromatic nitrogens is 1. The minimum Gasteiger partial charge on any atom is -0.492 e. The number of rotatable bonds is 14. The Balaban J connectivity index is 1.84. The maximum Gasteiger partial charge on any atom is 0.253 e. The molecule has 3 aromatic rings. The minimum absolute atomic E-state index is 0.00562. The highest BCUT2D eigenvalue weighted by Gasteiger charge is 2.36. The van der Waals surface area contributed by atoms with E-state index in [0.717, 1.165) is 0 Å². The first-order valence-electron chi connectivity index (χ1n) is 20.0. The number of nitrogens with zero attached hydrogens (tertiary/aromatic N) is 3. The van der Waals surface area contributed by atoms with Crippen LogP contribution in [0, 0.1) is 35.5 Å². The second-order valence-corrected chi connectivity index (χ2v) is 15.5. The fourth-order valence-electron chi connectivity index (χ4n) is 6.49. The molecule has 2 aromatic carbocycles. The van der Waals surface area contributed by atoms with Gasteiger partial charge >= 0.3 is 0 Å². The van der Waals surface area contributed by atoms with Gasteiger partial charge in [-0.15, -0.1) is 0 Å². The fraction of sp³-hybridized carbons (Fsp3) is 0.432. The topological polar surface area (TPSA) is 270 Å². The van der Waals surface area contributed by atoms with E-state index in [1.54, 1.807) is 55.5 Å². The molecule has 4 atom stereocenters. The molecule has 0 fully saturated rings. The maximum absolute atomic E-state index is 14.5. The van der Waals surface area contributed by atoms with E-state index in [1.807, 2.05) is 26.8 Å². The van der Waals surface area contributed by atoms with Crippen LogP contribution in [0.15, 0.2) is 48.5 Å². The van der Waals surface area contributed by atoms with E-state index in [0.29, 0.717) is 45.1 Å². The highest BCUT2D eigenvalue weighted by Crippen LogP contribution is 2.40. The Hall–Kier alpha value is -6.53. The normalized spacial score (nSPS) is 16.8. The number of pyridine rings is 1. The van der Waals surface area contributed by atoms with Gasteiger partial charge in [-0.3, -0.25) is 24.0 Å². The predicted molar refractivity (Wildman–Crippen MR) is 229 cm³/mol. The van der Waals surface area contributed by atoms with Gasteiger partial charge in [-0.25, -0.2) is 4.98 Å². The number of hydrogen-bond donors (Lipinski definition) is 7. The number of nitrogens with one attached hydrogen (secondary N) is 4. The zero-order chi connectivity index (χ0) is 44.9. The number of hydrogen-bond acceptors (Lipinski definition) is 12. The van der Waals surface area contributed by atoms with Crippen LogP contribution in [0.2, 0.25) is 0 Å². The van der Waals surface area contributed by atoms with Crippen molar-refractivity contribution in [2.45, 2.75) is 71.6 Å². The number of carbonyl (C=O) groups is 5. The number of nitriles is 1. The van der Waals surface area contributed by atoms with E-state index < -0.39 is 53.7 Å². The summed E-state index contributed by atoms with van der Waals surface area (Å²) in [5, 5.41) is 19.8. The third kappa shape index (κ3) is 12.7. The van der Waals surface area contributed by atoms with Gasteiger partial charge in [-0.05, 0) is 101 Å². The summed E-state index contributed by atoms with van der Waals surface area (Å²) in [5.41, 5.74) is 20.3. The Kier molecular flexibility index (Phi) is 16.7. The number of ether oxygens (including phenoxy) is 2. The van der Waals surface area contributed by atoms with Gasteiger partial charge in [0.05, 0.1) is 17.3 Å². The molecule has 1 aliphatic rings. The Labute approximate surface area is 356 Å². The zero-order valence-electron chi connectivity index (χ0n) is 35.5. The smallest absolute Gasteiger partial charge is 0.253 e. The van der Waals surface area contributed by atoms with Gasteiger partial charge in [0.1, 0.15) is 61.1 Å². The largest absolute Gasteiger partial charge is 0.492 e. The van der Waals surface area contributed by atoms with Crippen LogP contribution in [0.3, 0.4) is 0 Å². The van der Waals surface area contributed by atoms with Crippen molar-refractivity contribution in [3.63, 3.8) is 0 Å². The molecule has 10 N–H and O–H groups in total. The lowest BCUT2D eigenvalue weighted by Gasteiger charge is -2.32. The first kappa shape index (κ1) is 47.2. The summed E-state index contributed by atoms with van der Waals surface area (Å²) in [4.78, 5) is 75.3. The molecule has 324 valence electrons. The Morgan fingerprint density at radius 2 is 1.61 bits per heavy atom. The number of carbonyl (C=O) groups excluding carboxylic acids is 5. The van der Waals surface area contributed by atoms with Crippen molar-refractivity contribution in [2.75, 3.05) is 46.4 Å². The molecule has 61 heavy (non-hydrogen) atoms. The predicted octanol–water partition coefficient (Wildman–Crippen LogP) is 0.962. The lowest BCUT2D eigenvalue weighted by Crippen LogP contribution is -2.56. The molecule has 0 aliphatic carbocycles. The molecule has 0 saturated carbocycles. The van der Waals surface area contributed by atoms with Crippen LogP contribution < -0.4 is 47.9 Å². The van der Waals surface area contributed by atoms with Crippen LogP contribution in [0.1, 0.15) is 73.0 Å². The average molecular weight is 837 g/mol. The molecule has 5 amide bonds. The Bertz CT molecular complexity index is 2200. The molecule has 17 heteroatoms. The Morgan fingerprint density at radius 1 is 0.951 bits per heavy atom. The molecule has 0 unspecified atom stereocenters. The number of nitrogens with two attached hydrogens (primary N) is 3. The lowest BCUT2D eigenvalue weighted by molar-refractivity contribution is -0.141. The first-order chi connectivity index (χ1) is 29.0. The average Bonchev–Trinajstić information content (AvgIpc) is 3.22. The lowest BCUT2D eigenvalue weighted by atomic mass is 9.93. The van der Waals surface area contributed by atoms with Crippen molar-refractivity contribution in [1.29, 1.82) is 5.26 Å². The number of likely N-dealkylation sites (N-methyl/N-ethyl adjacent to an activating group) is 1. The summed E-state index contributed by atoms with van der Waals surface area (Å²) in [6, 6.07) is 10.3. The molecular weight excluding hydrogens is 781 g/mol. The van der Waals surface area contributed by atoms with Crippen LogP contribution in [0.5, 0.6) is 11.5 Å². The van der Waals surface area contributed by atoms with Gasteiger partial charge in [-0.2, -0.15) is 5.26 Å². The second kappa shape index (κ2) is 21.6. The van der Waals surface area contributed by atoms with Crippen molar-refractivity contribution in [3.05, 3.63) is 76.6 Å². The molecule has 1 aliphatic heterocycles. The second-order valence-electron chi connectivity index (χ2n) is 15.5. The van der Waals surface area contributed by atoms with E-state index in [2.05, 4.69) is 38.1 Å². The molecule has 17 nitrogen and oxygen atoms in total. The SMILES string of the molecule is Cc1nc(C#CC(C)(C)C)ccc1C(=O)N[C@@H](CCN)C(=O)N(C)[C@@H]1C(=O)N[C@@H](C)C(=O)N[C@H](C(=O)NCC#N)Cc2ccc(OCCN)c(c2)-c2cc1ccc2OCCN. The molecule has 4 bridgehead atoms. The highest BCUT2D eigenvalue weighted by atomic mass is 16.5. The highest BCUT2D eigenvalue weighted by molar-refractivity contribution is 6.00. The number of amides is 5. The summed E-state index contributed by atoms with van der Waals surface area (Å²) in [7, 11) is 1.41. The van der Waals surface area contributed by atoms with Crippen LogP contribution in [0.25, 0.3) is 11.1 Å².